The van der Waals surface area contributed by atoms with Crippen molar-refractivity contribution in [2.24, 2.45) is 0 Å². The van der Waals surface area contributed by atoms with E-state index in [0.717, 1.165) is 29.5 Å². The first-order valence-corrected chi connectivity index (χ1v) is 9.07. The average Bonchev–Trinajstić information content (AvgIpc) is 3.28. The minimum atomic E-state index is -0.000791. The molecular formula is C17H22N4OS. The predicted molar refractivity (Wildman–Crippen MR) is 94.0 cm³/mol. The zero-order valence-electron chi connectivity index (χ0n) is 13.7. The molecule has 0 saturated carbocycles. The van der Waals surface area contributed by atoms with Gasteiger partial charge in [-0.1, -0.05) is 0 Å². The maximum Gasteiger partial charge on any atom is 0.273 e. The van der Waals surface area contributed by atoms with E-state index in [1.54, 1.807) is 4.90 Å². The largest absolute Gasteiger partial charge is 0.357 e. The number of aromatic nitrogens is 2. The molecule has 3 heterocycles. The molecule has 3 rings (SSSR count). The van der Waals surface area contributed by atoms with Gasteiger partial charge in [0.15, 0.2) is 0 Å². The van der Waals surface area contributed by atoms with E-state index < -0.39 is 0 Å². The molecule has 1 saturated heterocycles. The maximum atomic E-state index is 12.3. The second kappa shape index (κ2) is 7.08. The minimum Gasteiger partial charge on any atom is -0.357 e. The van der Waals surface area contributed by atoms with E-state index in [0.29, 0.717) is 18.8 Å². The van der Waals surface area contributed by atoms with Crippen LogP contribution in [0.15, 0.2) is 23.7 Å². The first kappa shape index (κ1) is 15.9. The number of nitrogens with zero attached hydrogens (tertiary/aromatic N) is 4. The highest BCUT2D eigenvalue weighted by Gasteiger charge is 2.17. The number of thiazole rings is 1. The molecule has 23 heavy (non-hydrogen) atoms. The van der Waals surface area contributed by atoms with Gasteiger partial charge in [0.05, 0.1) is 0 Å². The number of amides is 1. The molecule has 5 nitrogen and oxygen atoms in total. The summed E-state index contributed by atoms with van der Waals surface area (Å²) in [7, 11) is 0. The number of carbonyl (C=O) groups excluding carboxylic acids is 1. The van der Waals surface area contributed by atoms with E-state index in [9.17, 15) is 4.79 Å². The predicted octanol–water partition coefficient (Wildman–Crippen LogP) is 3.29. The Morgan fingerprint density at radius 2 is 2.00 bits per heavy atom. The highest BCUT2D eigenvalue weighted by atomic mass is 32.1. The van der Waals surface area contributed by atoms with E-state index >= 15 is 0 Å². The fourth-order valence-corrected chi connectivity index (χ4v) is 3.61. The van der Waals surface area contributed by atoms with Crippen LogP contribution in [-0.4, -0.2) is 47.0 Å². The summed E-state index contributed by atoms with van der Waals surface area (Å²) in [5.41, 5.74) is 1.49. The average molecular weight is 330 g/mol. The van der Waals surface area contributed by atoms with Crippen LogP contribution in [0.25, 0.3) is 10.6 Å². The fraction of sp³-hybridized carbons (Fsp3) is 0.471. The Hall–Kier alpha value is -1.95. The van der Waals surface area contributed by atoms with Gasteiger partial charge in [-0.25, -0.2) is 9.97 Å². The Bertz CT molecular complexity index is 657. The summed E-state index contributed by atoms with van der Waals surface area (Å²) in [6.07, 6.45) is 4.34. The lowest BCUT2D eigenvalue weighted by Gasteiger charge is -2.16. The summed E-state index contributed by atoms with van der Waals surface area (Å²) in [5.74, 6) is 1.03. The summed E-state index contributed by atoms with van der Waals surface area (Å²) in [4.78, 5) is 25.5. The van der Waals surface area contributed by atoms with E-state index in [2.05, 4.69) is 14.9 Å². The van der Waals surface area contributed by atoms with Crippen molar-refractivity contribution >= 4 is 23.1 Å². The molecule has 1 aliphatic rings. The van der Waals surface area contributed by atoms with Gasteiger partial charge in [0, 0.05) is 43.3 Å². The van der Waals surface area contributed by atoms with Gasteiger partial charge in [0.2, 0.25) is 0 Å². The molecule has 0 radical (unpaired) electrons. The fourth-order valence-electron chi connectivity index (χ4n) is 2.82. The Morgan fingerprint density at radius 3 is 2.61 bits per heavy atom. The number of anilines is 1. The number of hydrogen-bond acceptors (Lipinski definition) is 5. The second-order valence-electron chi connectivity index (χ2n) is 5.61. The summed E-state index contributed by atoms with van der Waals surface area (Å²) in [6.45, 7) is 7.55. The summed E-state index contributed by atoms with van der Waals surface area (Å²) >= 11 is 1.50. The molecule has 0 spiro atoms. The topological polar surface area (TPSA) is 49.3 Å². The maximum absolute atomic E-state index is 12.3. The smallest absolute Gasteiger partial charge is 0.273 e. The number of pyridine rings is 1. The molecule has 122 valence electrons. The molecular weight excluding hydrogens is 308 g/mol. The molecule has 0 unspecified atom stereocenters. The molecule has 1 aliphatic heterocycles. The Kier molecular flexibility index (Phi) is 4.91. The van der Waals surface area contributed by atoms with Crippen molar-refractivity contribution in [3.05, 3.63) is 29.4 Å². The molecule has 1 amide bonds. The van der Waals surface area contributed by atoms with Crippen LogP contribution in [0.3, 0.4) is 0 Å². The lowest BCUT2D eigenvalue weighted by molar-refractivity contribution is 0.0768. The third kappa shape index (κ3) is 3.37. The monoisotopic (exact) mass is 330 g/mol. The summed E-state index contributed by atoms with van der Waals surface area (Å²) < 4.78 is 0. The lowest BCUT2D eigenvalue weighted by Crippen LogP contribution is -2.30. The van der Waals surface area contributed by atoms with Gasteiger partial charge in [-0.2, -0.15) is 0 Å². The zero-order valence-corrected chi connectivity index (χ0v) is 14.5. The van der Waals surface area contributed by atoms with Gasteiger partial charge in [0.1, 0.15) is 16.5 Å². The highest BCUT2D eigenvalue weighted by Crippen LogP contribution is 2.26. The molecule has 2 aromatic heterocycles. The molecule has 0 bridgehead atoms. The summed E-state index contributed by atoms with van der Waals surface area (Å²) in [5, 5.41) is 2.69. The number of rotatable bonds is 5. The molecule has 0 atom stereocenters. The minimum absolute atomic E-state index is 0.000791. The second-order valence-corrected chi connectivity index (χ2v) is 6.47. The van der Waals surface area contributed by atoms with Crippen molar-refractivity contribution in [1.82, 2.24) is 14.9 Å². The first-order chi connectivity index (χ1) is 11.2. The van der Waals surface area contributed by atoms with Gasteiger partial charge in [-0.3, -0.25) is 4.79 Å². The van der Waals surface area contributed by atoms with Crippen LogP contribution in [0, 0.1) is 0 Å². The van der Waals surface area contributed by atoms with Crippen molar-refractivity contribution in [2.45, 2.75) is 26.7 Å². The van der Waals surface area contributed by atoms with Crippen LogP contribution in [-0.2, 0) is 0 Å². The third-order valence-electron chi connectivity index (χ3n) is 4.20. The molecule has 6 heteroatoms. The number of carbonyl (C=O) groups is 1. The molecule has 2 aromatic rings. The Balaban J connectivity index is 1.76. The van der Waals surface area contributed by atoms with E-state index in [1.165, 1.54) is 24.2 Å². The van der Waals surface area contributed by atoms with Crippen LogP contribution in [0.4, 0.5) is 5.82 Å². The van der Waals surface area contributed by atoms with E-state index in [4.69, 9.17) is 0 Å². The summed E-state index contributed by atoms with van der Waals surface area (Å²) in [6, 6.07) is 4.10. The van der Waals surface area contributed by atoms with Gasteiger partial charge in [-0.05, 0) is 38.8 Å². The van der Waals surface area contributed by atoms with Crippen LogP contribution in [0.1, 0.15) is 37.2 Å². The van der Waals surface area contributed by atoms with Crippen LogP contribution < -0.4 is 4.90 Å². The highest BCUT2D eigenvalue weighted by molar-refractivity contribution is 7.13. The normalized spacial score (nSPS) is 14.3. The van der Waals surface area contributed by atoms with Gasteiger partial charge in [0.25, 0.3) is 5.91 Å². The van der Waals surface area contributed by atoms with Crippen molar-refractivity contribution in [3.8, 4) is 10.6 Å². The molecule has 0 aromatic carbocycles. The first-order valence-electron chi connectivity index (χ1n) is 8.19. The Morgan fingerprint density at radius 1 is 1.26 bits per heavy atom. The Labute approximate surface area is 141 Å². The SMILES string of the molecule is CCN(CC)C(=O)c1csc(-c2ccc(N3CCCC3)nc2)n1. The molecule has 1 fully saturated rings. The quantitative estimate of drug-likeness (QED) is 0.844. The van der Waals surface area contributed by atoms with E-state index in [-0.39, 0.29) is 5.91 Å². The van der Waals surface area contributed by atoms with Gasteiger partial charge < -0.3 is 9.80 Å². The van der Waals surface area contributed by atoms with Gasteiger partial charge in [-0.15, -0.1) is 11.3 Å². The number of hydrogen-bond donors (Lipinski definition) is 0. The standard InChI is InChI=1S/C17H22N4OS/c1-3-20(4-2)17(22)14-12-23-16(19-14)13-7-8-15(18-11-13)21-9-5-6-10-21/h7-8,11-12H,3-6,9-10H2,1-2H3. The van der Waals surface area contributed by atoms with E-state index in [1.807, 2.05) is 37.6 Å². The van der Waals surface area contributed by atoms with Crippen molar-refractivity contribution < 1.29 is 4.79 Å². The van der Waals surface area contributed by atoms with Gasteiger partial charge >= 0.3 is 0 Å². The lowest BCUT2D eigenvalue weighted by atomic mass is 10.3. The third-order valence-corrected chi connectivity index (χ3v) is 5.09. The van der Waals surface area contributed by atoms with Crippen LogP contribution in [0.2, 0.25) is 0 Å². The zero-order chi connectivity index (χ0) is 16.2. The van der Waals surface area contributed by atoms with Crippen LogP contribution in [0.5, 0.6) is 0 Å². The molecule has 0 aliphatic carbocycles. The molecule has 0 N–H and O–H groups in total. The van der Waals surface area contributed by atoms with Crippen molar-refractivity contribution in [1.29, 1.82) is 0 Å². The van der Waals surface area contributed by atoms with Crippen molar-refractivity contribution in [2.75, 3.05) is 31.1 Å². The van der Waals surface area contributed by atoms with Crippen molar-refractivity contribution in [3.63, 3.8) is 0 Å². The van der Waals surface area contributed by atoms with Crippen LogP contribution >= 0.6 is 11.3 Å².